The number of fused-ring (bicyclic) bond motifs is 2. The molecule has 0 saturated carbocycles. The highest BCUT2D eigenvalue weighted by atomic mass is 16.5. The van der Waals surface area contributed by atoms with Gasteiger partial charge in [-0.05, 0) is 22.4 Å². The first-order valence-electron chi connectivity index (χ1n) is 8.86. The van der Waals surface area contributed by atoms with Crippen LogP contribution < -0.4 is 4.90 Å². The van der Waals surface area contributed by atoms with Crippen LogP contribution in [0.25, 0.3) is 10.8 Å². The van der Waals surface area contributed by atoms with Crippen LogP contribution in [0.15, 0.2) is 60.7 Å². The molecule has 1 aliphatic rings. The maximum atomic E-state index is 12.4. The van der Waals surface area contributed by atoms with E-state index >= 15 is 0 Å². The Labute approximate surface area is 152 Å². The van der Waals surface area contributed by atoms with Gasteiger partial charge in [0.25, 0.3) is 0 Å². The minimum atomic E-state index is -0.270. The number of methoxy groups -OCH3 is 1. The number of benzene rings is 3. The molecule has 0 fully saturated rings. The van der Waals surface area contributed by atoms with Gasteiger partial charge in [0.15, 0.2) is 6.04 Å². The van der Waals surface area contributed by atoms with Crippen molar-refractivity contribution < 1.29 is 19.5 Å². The minimum Gasteiger partial charge on any atom is -0.507 e. The predicted octanol–water partition coefficient (Wildman–Crippen LogP) is 2.23. The van der Waals surface area contributed by atoms with Gasteiger partial charge in [-0.2, -0.15) is 0 Å². The Hall–Kier alpha value is -2.85. The molecule has 3 aromatic carbocycles. The summed E-state index contributed by atoms with van der Waals surface area (Å²) in [6, 6.07) is 19.7. The van der Waals surface area contributed by atoms with Gasteiger partial charge in [-0.15, -0.1) is 0 Å². The number of carbonyl (C=O) groups excluding carboxylic acids is 1. The molecule has 0 aliphatic carbocycles. The molecule has 1 unspecified atom stereocenters. The molecule has 0 aromatic heterocycles. The first kappa shape index (κ1) is 16.6. The number of nitrogens with one attached hydrogen (secondary N) is 1. The molecule has 4 nitrogen and oxygen atoms in total. The summed E-state index contributed by atoms with van der Waals surface area (Å²) in [4.78, 5) is 13.5. The Morgan fingerprint density at radius 1 is 1.08 bits per heavy atom. The molecule has 0 radical (unpaired) electrons. The van der Waals surface area contributed by atoms with Gasteiger partial charge in [0.2, 0.25) is 0 Å². The zero-order chi connectivity index (χ0) is 18.1. The predicted molar refractivity (Wildman–Crippen MR) is 99.9 cm³/mol. The van der Waals surface area contributed by atoms with Crippen LogP contribution >= 0.6 is 0 Å². The second kappa shape index (κ2) is 6.81. The van der Waals surface area contributed by atoms with Crippen molar-refractivity contribution in [3.8, 4) is 5.75 Å². The normalized spacial score (nSPS) is 19.1. The molecule has 132 valence electrons. The lowest BCUT2D eigenvalue weighted by atomic mass is 9.93. The summed E-state index contributed by atoms with van der Waals surface area (Å²) in [5.74, 6) is 0.0768. The van der Waals surface area contributed by atoms with Crippen LogP contribution in [0.5, 0.6) is 5.75 Å². The van der Waals surface area contributed by atoms with E-state index < -0.39 is 0 Å². The average molecular weight is 348 g/mol. The Bertz CT molecular complexity index is 967. The molecule has 1 aliphatic heterocycles. The summed E-state index contributed by atoms with van der Waals surface area (Å²) in [6.07, 6.45) is 0.656. The first-order chi connectivity index (χ1) is 12.7. The van der Waals surface area contributed by atoms with Crippen molar-refractivity contribution in [3.05, 3.63) is 77.4 Å². The summed E-state index contributed by atoms with van der Waals surface area (Å²) in [7, 11) is 1.44. The SMILES string of the molecule is COC(=O)[C@H]1Cc2ccccc2C[NH+]1Cc1c(O)ccc2ccccc12. The zero-order valence-corrected chi connectivity index (χ0v) is 14.7. The van der Waals surface area contributed by atoms with Gasteiger partial charge in [0, 0.05) is 12.0 Å². The molecule has 0 bridgehead atoms. The largest absolute Gasteiger partial charge is 0.507 e. The molecule has 2 N–H and O–H groups in total. The number of hydrogen-bond acceptors (Lipinski definition) is 3. The molecular weight excluding hydrogens is 326 g/mol. The lowest BCUT2D eigenvalue weighted by molar-refractivity contribution is -0.945. The van der Waals surface area contributed by atoms with Crippen LogP contribution in [-0.2, 0) is 29.0 Å². The van der Waals surface area contributed by atoms with E-state index in [0.29, 0.717) is 13.0 Å². The van der Waals surface area contributed by atoms with Gasteiger partial charge < -0.3 is 14.7 Å². The molecule has 26 heavy (non-hydrogen) atoms. The van der Waals surface area contributed by atoms with Crippen molar-refractivity contribution in [2.24, 2.45) is 0 Å². The number of ether oxygens (including phenoxy) is 1. The Kier molecular flexibility index (Phi) is 4.35. The number of phenols is 1. The molecule has 0 saturated heterocycles. The molecule has 3 aromatic rings. The van der Waals surface area contributed by atoms with Gasteiger partial charge in [0.05, 0.1) is 12.7 Å². The van der Waals surface area contributed by atoms with Crippen LogP contribution in [0, 0.1) is 0 Å². The van der Waals surface area contributed by atoms with E-state index in [1.54, 1.807) is 6.07 Å². The summed E-state index contributed by atoms with van der Waals surface area (Å²) in [5.41, 5.74) is 3.34. The molecular formula is C22H22NO3+. The summed E-state index contributed by atoms with van der Waals surface area (Å²) >= 11 is 0. The number of aromatic hydroxyl groups is 1. The Morgan fingerprint density at radius 2 is 1.81 bits per heavy atom. The van der Waals surface area contributed by atoms with Crippen LogP contribution in [0.3, 0.4) is 0 Å². The fourth-order valence-corrected chi connectivity index (χ4v) is 3.98. The molecule has 0 spiro atoms. The Morgan fingerprint density at radius 3 is 2.62 bits per heavy atom. The fourth-order valence-electron chi connectivity index (χ4n) is 3.98. The monoisotopic (exact) mass is 348 g/mol. The molecule has 1 heterocycles. The van der Waals surface area contributed by atoms with E-state index in [-0.39, 0.29) is 17.8 Å². The van der Waals surface area contributed by atoms with E-state index in [2.05, 4.69) is 12.1 Å². The number of phenolic OH excluding ortho intramolecular Hbond substituents is 1. The highest BCUT2D eigenvalue weighted by Gasteiger charge is 2.36. The number of rotatable bonds is 3. The van der Waals surface area contributed by atoms with Crippen molar-refractivity contribution >= 4 is 16.7 Å². The third-order valence-corrected chi connectivity index (χ3v) is 5.36. The van der Waals surface area contributed by atoms with Crippen molar-refractivity contribution in [2.45, 2.75) is 25.6 Å². The fraction of sp³-hybridized carbons (Fsp3) is 0.227. The molecule has 4 heteroatoms. The number of quaternary nitrogens is 1. The van der Waals surface area contributed by atoms with Crippen molar-refractivity contribution in [3.63, 3.8) is 0 Å². The minimum absolute atomic E-state index is 0.200. The van der Waals surface area contributed by atoms with E-state index in [0.717, 1.165) is 27.8 Å². The highest BCUT2D eigenvalue weighted by Crippen LogP contribution is 2.27. The third kappa shape index (κ3) is 2.93. The summed E-state index contributed by atoms with van der Waals surface area (Å²) < 4.78 is 5.07. The zero-order valence-electron chi connectivity index (χ0n) is 14.7. The topological polar surface area (TPSA) is 51.0 Å². The lowest BCUT2D eigenvalue weighted by Gasteiger charge is -2.32. The second-order valence-electron chi connectivity index (χ2n) is 6.84. The first-order valence-corrected chi connectivity index (χ1v) is 8.86. The van der Waals surface area contributed by atoms with Crippen LogP contribution in [0.1, 0.15) is 16.7 Å². The molecule has 2 atom stereocenters. The summed E-state index contributed by atoms with van der Waals surface area (Å²) in [6.45, 7) is 1.31. The van der Waals surface area contributed by atoms with Crippen LogP contribution in [-0.4, -0.2) is 24.2 Å². The van der Waals surface area contributed by atoms with Crippen LogP contribution in [0.4, 0.5) is 0 Å². The average Bonchev–Trinajstić information content (AvgIpc) is 2.69. The highest BCUT2D eigenvalue weighted by molar-refractivity contribution is 5.87. The number of esters is 1. The third-order valence-electron chi connectivity index (χ3n) is 5.36. The standard InChI is InChI=1S/C22H21NO3/c1-26-22(25)20-12-16-7-2-3-8-17(16)13-23(20)14-19-18-9-5-4-6-15(18)10-11-21(19)24/h2-11,20,24H,12-14H2,1H3/p+1/t20-/m1/s1. The van der Waals surface area contributed by atoms with Gasteiger partial charge in [-0.3, -0.25) is 0 Å². The van der Waals surface area contributed by atoms with E-state index in [4.69, 9.17) is 4.74 Å². The van der Waals surface area contributed by atoms with Gasteiger partial charge in [-0.1, -0.05) is 54.6 Å². The maximum absolute atomic E-state index is 12.4. The smallest absolute Gasteiger partial charge is 0.365 e. The van der Waals surface area contributed by atoms with Crippen molar-refractivity contribution in [2.75, 3.05) is 7.11 Å². The van der Waals surface area contributed by atoms with Gasteiger partial charge >= 0.3 is 5.97 Å². The molecule has 0 amide bonds. The number of hydrogen-bond donors (Lipinski definition) is 2. The number of carbonyl (C=O) groups is 1. The van der Waals surface area contributed by atoms with Crippen LogP contribution in [0.2, 0.25) is 0 Å². The van der Waals surface area contributed by atoms with E-state index in [1.807, 2.05) is 42.5 Å². The van der Waals surface area contributed by atoms with E-state index in [9.17, 15) is 9.90 Å². The van der Waals surface area contributed by atoms with Gasteiger partial charge in [0.1, 0.15) is 18.8 Å². The quantitative estimate of drug-likeness (QED) is 0.714. The van der Waals surface area contributed by atoms with Crippen molar-refractivity contribution in [1.29, 1.82) is 0 Å². The molecule has 4 rings (SSSR count). The maximum Gasteiger partial charge on any atom is 0.365 e. The lowest BCUT2D eigenvalue weighted by Crippen LogP contribution is -3.15. The Balaban J connectivity index is 1.74. The van der Waals surface area contributed by atoms with Gasteiger partial charge in [-0.25, -0.2) is 4.79 Å². The summed E-state index contributed by atoms with van der Waals surface area (Å²) in [5, 5.41) is 12.6. The van der Waals surface area contributed by atoms with E-state index in [1.165, 1.54) is 18.2 Å². The second-order valence-corrected chi connectivity index (χ2v) is 6.84. The van der Waals surface area contributed by atoms with Crippen molar-refractivity contribution in [1.82, 2.24) is 0 Å².